The van der Waals surface area contributed by atoms with Crippen LogP contribution in [-0.4, -0.2) is 13.1 Å². The third kappa shape index (κ3) is 4.45. The molecule has 0 saturated heterocycles. The summed E-state index contributed by atoms with van der Waals surface area (Å²) in [5.41, 5.74) is 4.52. The average molecular weight is 247 g/mol. The van der Waals surface area contributed by atoms with Gasteiger partial charge < -0.3 is 5.32 Å². The van der Waals surface area contributed by atoms with E-state index in [-0.39, 0.29) is 5.41 Å². The van der Waals surface area contributed by atoms with Crippen molar-refractivity contribution in [2.45, 2.75) is 53.4 Å². The molecule has 1 aromatic rings. The van der Waals surface area contributed by atoms with E-state index < -0.39 is 0 Å². The van der Waals surface area contributed by atoms with Crippen LogP contribution in [-0.2, 0) is 5.41 Å². The van der Waals surface area contributed by atoms with Gasteiger partial charge in [0.2, 0.25) is 0 Å². The SMILES string of the molecule is Cc1ccc(C)c(C(C)(C)CCNCC(C)C)c1. The van der Waals surface area contributed by atoms with Gasteiger partial charge in [0.15, 0.2) is 0 Å². The maximum Gasteiger partial charge on any atom is -0.00258 e. The number of hydrogen-bond acceptors (Lipinski definition) is 1. The fourth-order valence-electron chi connectivity index (χ4n) is 2.39. The molecule has 0 saturated carbocycles. The first-order valence-electron chi connectivity index (χ1n) is 7.11. The van der Waals surface area contributed by atoms with Gasteiger partial charge in [-0.1, -0.05) is 51.5 Å². The maximum absolute atomic E-state index is 3.54. The smallest absolute Gasteiger partial charge is 0.00258 e. The van der Waals surface area contributed by atoms with Crippen LogP contribution in [0.3, 0.4) is 0 Å². The van der Waals surface area contributed by atoms with Gasteiger partial charge >= 0.3 is 0 Å². The number of hydrogen-bond donors (Lipinski definition) is 1. The Morgan fingerprint density at radius 1 is 1.17 bits per heavy atom. The van der Waals surface area contributed by atoms with Gasteiger partial charge in [-0.2, -0.15) is 0 Å². The summed E-state index contributed by atoms with van der Waals surface area (Å²) < 4.78 is 0. The lowest BCUT2D eigenvalue weighted by atomic mass is 9.78. The van der Waals surface area contributed by atoms with Crippen LogP contribution in [0.1, 0.15) is 50.8 Å². The van der Waals surface area contributed by atoms with Gasteiger partial charge in [-0.3, -0.25) is 0 Å². The Labute approximate surface area is 113 Å². The molecule has 18 heavy (non-hydrogen) atoms. The highest BCUT2D eigenvalue weighted by atomic mass is 14.9. The molecule has 1 heteroatoms. The van der Waals surface area contributed by atoms with Crippen LogP contribution in [0.2, 0.25) is 0 Å². The molecule has 0 aliphatic rings. The summed E-state index contributed by atoms with van der Waals surface area (Å²) >= 11 is 0. The van der Waals surface area contributed by atoms with Crippen molar-refractivity contribution in [2.24, 2.45) is 5.92 Å². The van der Waals surface area contributed by atoms with Crippen molar-refractivity contribution < 1.29 is 0 Å². The molecule has 1 nitrogen and oxygen atoms in total. The van der Waals surface area contributed by atoms with Gasteiger partial charge in [0.25, 0.3) is 0 Å². The highest BCUT2D eigenvalue weighted by molar-refractivity contribution is 5.35. The molecule has 0 heterocycles. The fraction of sp³-hybridized carbons (Fsp3) is 0.647. The van der Waals surface area contributed by atoms with E-state index >= 15 is 0 Å². The van der Waals surface area contributed by atoms with Crippen LogP contribution >= 0.6 is 0 Å². The zero-order valence-electron chi connectivity index (χ0n) is 12.9. The Balaban J connectivity index is 2.64. The summed E-state index contributed by atoms with van der Waals surface area (Å²) in [6, 6.07) is 6.79. The lowest BCUT2D eigenvalue weighted by Gasteiger charge is -2.28. The second-order valence-electron chi connectivity index (χ2n) is 6.55. The Bertz CT molecular complexity index is 377. The minimum Gasteiger partial charge on any atom is -0.316 e. The van der Waals surface area contributed by atoms with Crippen molar-refractivity contribution in [1.29, 1.82) is 0 Å². The monoisotopic (exact) mass is 247 g/mol. The van der Waals surface area contributed by atoms with Crippen molar-refractivity contribution in [3.8, 4) is 0 Å². The summed E-state index contributed by atoms with van der Waals surface area (Å²) in [5, 5.41) is 3.54. The fourth-order valence-corrected chi connectivity index (χ4v) is 2.39. The molecule has 0 unspecified atom stereocenters. The van der Waals surface area contributed by atoms with Crippen LogP contribution in [0, 0.1) is 19.8 Å². The topological polar surface area (TPSA) is 12.0 Å². The van der Waals surface area contributed by atoms with Gasteiger partial charge in [-0.15, -0.1) is 0 Å². The van der Waals surface area contributed by atoms with Gasteiger partial charge in [0.1, 0.15) is 0 Å². The molecule has 0 aromatic heterocycles. The highest BCUT2D eigenvalue weighted by Gasteiger charge is 2.21. The summed E-state index contributed by atoms with van der Waals surface area (Å²) in [6.45, 7) is 15.8. The second-order valence-corrected chi connectivity index (χ2v) is 6.55. The number of nitrogens with one attached hydrogen (secondary N) is 1. The minimum absolute atomic E-state index is 0.250. The van der Waals surface area contributed by atoms with E-state index in [9.17, 15) is 0 Å². The highest BCUT2D eigenvalue weighted by Crippen LogP contribution is 2.30. The van der Waals surface area contributed by atoms with Gasteiger partial charge in [-0.05, 0) is 55.8 Å². The zero-order valence-corrected chi connectivity index (χ0v) is 12.9. The van der Waals surface area contributed by atoms with Crippen LogP contribution in [0.4, 0.5) is 0 Å². The number of aryl methyl sites for hydroxylation is 2. The van der Waals surface area contributed by atoms with Crippen molar-refractivity contribution in [2.75, 3.05) is 13.1 Å². The molecule has 0 aliphatic carbocycles. The standard InChI is InChI=1S/C17H29N/c1-13(2)12-18-10-9-17(5,6)16-11-14(3)7-8-15(16)4/h7-8,11,13,18H,9-10,12H2,1-6H3. The van der Waals surface area contributed by atoms with E-state index in [0.29, 0.717) is 0 Å². The quantitative estimate of drug-likeness (QED) is 0.742. The maximum atomic E-state index is 3.54. The van der Waals surface area contributed by atoms with E-state index in [0.717, 1.165) is 19.0 Å². The summed E-state index contributed by atoms with van der Waals surface area (Å²) in [6.07, 6.45) is 1.18. The zero-order chi connectivity index (χ0) is 13.8. The normalized spacial score (nSPS) is 12.2. The molecule has 0 aliphatic heterocycles. The lowest BCUT2D eigenvalue weighted by molar-refractivity contribution is 0.440. The van der Waals surface area contributed by atoms with E-state index in [1.165, 1.54) is 23.1 Å². The van der Waals surface area contributed by atoms with Gasteiger partial charge in [0.05, 0.1) is 0 Å². The van der Waals surface area contributed by atoms with E-state index in [1.807, 2.05) is 0 Å². The molecule has 1 aromatic carbocycles. The first-order chi connectivity index (χ1) is 8.33. The van der Waals surface area contributed by atoms with E-state index in [1.54, 1.807) is 0 Å². The summed E-state index contributed by atoms with van der Waals surface area (Å²) in [4.78, 5) is 0. The van der Waals surface area contributed by atoms with Crippen LogP contribution < -0.4 is 5.32 Å². The minimum atomic E-state index is 0.250. The number of rotatable bonds is 6. The predicted octanol–water partition coefficient (Wildman–Crippen LogP) is 4.22. The van der Waals surface area contributed by atoms with Crippen molar-refractivity contribution >= 4 is 0 Å². The lowest BCUT2D eigenvalue weighted by Crippen LogP contribution is -2.28. The Morgan fingerprint density at radius 3 is 2.44 bits per heavy atom. The molecule has 102 valence electrons. The van der Waals surface area contributed by atoms with E-state index in [2.05, 4.69) is 65.1 Å². The molecule has 0 fully saturated rings. The largest absolute Gasteiger partial charge is 0.316 e. The second kappa shape index (κ2) is 6.38. The average Bonchev–Trinajstić information content (AvgIpc) is 2.27. The first kappa shape index (κ1) is 15.2. The Morgan fingerprint density at radius 2 is 1.83 bits per heavy atom. The molecule has 0 atom stereocenters. The summed E-state index contributed by atoms with van der Waals surface area (Å²) in [7, 11) is 0. The van der Waals surface area contributed by atoms with Crippen LogP contribution in [0.15, 0.2) is 18.2 Å². The Kier molecular flexibility index (Phi) is 5.40. The van der Waals surface area contributed by atoms with Crippen molar-refractivity contribution in [3.63, 3.8) is 0 Å². The van der Waals surface area contributed by atoms with Crippen molar-refractivity contribution in [3.05, 3.63) is 34.9 Å². The third-order valence-corrected chi connectivity index (χ3v) is 3.60. The Hall–Kier alpha value is -0.820. The molecule has 0 radical (unpaired) electrons. The van der Waals surface area contributed by atoms with Crippen LogP contribution in [0.5, 0.6) is 0 Å². The molecule has 0 amide bonds. The van der Waals surface area contributed by atoms with E-state index in [4.69, 9.17) is 0 Å². The molecular formula is C17H29N. The molecule has 1 N–H and O–H groups in total. The molecule has 1 rings (SSSR count). The first-order valence-corrected chi connectivity index (χ1v) is 7.11. The van der Waals surface area contributed by atoms with Gasteiger partial charge in [0, 0.05) is 0 Å². The molecular weight excluding hydrogens is 218 g/mol. The number of benzene rings is 1. The van der Waals surface area contributed by atoms with Gasteiger partial charge in [-0.25, -0.2) is 0 Å². The van der Waals surface area contributed by atoms with Crippen molar-refractivity contribution in [1.82, 2.24) is 5.32 Å². The predicted molar refractivity (Wildman–Crippen MR) is 81.3 cm³/mol. The third-order valence-electron chi connectivity index (χ3n) is 3.60. The summed E-state index contributed by atoms with van der Waals surface area (Å²) in [5.74, 6) is 0.730. The molecule has 0 spiro atoms. The van der Waals surface area contributed by atoms with Crippen LogP contribution in [0.25, 0.3) is 0 Å². The molecule has 0 bridgehead atoms.